The minimum atomic E-state index is -1.07. The van der Waals surface area contributed by atoms with Crippen LogP contribution in [0.15, 0.2) is 30.0 Å². The summed E-state index contributed by atoms with van der Waals surface area (Å²) in [7, 11) is -1.07. The number of halogens is 1. The van der Waals surface area contributed by atoms with Gasteiger partial charge in [0, 0.05) is 5.02 Å². The smallest absolute Gasteiger partial charge is 0.0687 e. The molecule has 0 heterocycles. The van der Waals surface area contributed by atoms with Gasteiger partial charge in [0.15, 0.2) is 0 Å². The van der Waals surface area contributed by atoms with Crippen LogP contribution in [0.25, 0.3) is 6.08 Å². The van der Waals surface area contributed by atoms with E-state index in [9.17, 15) is 0 Å². The number of hydrogen-bond acceptors (Lipinski definition) is 0. The summed E-state index contributed by atoms with van der Waals surface area (Å²) >= 11 is 5.79. The summed E-state index contributed by atoms with van der Waals surface area (Å²) in [5.41, 5.74) is 3.56. The van der Waals surface area contributed by atoms with Crippen LogP contribution in [0, 0.1) is 0 Å². The average Bonchev–Trinajstić information content (AvgIpc) is 2.02. The zero-order valence-corrected chi connectivity index (χ0v) is 10.1. The molecule has 0 aromatic heterocycles. The Labute approximate surface area is 86.3 Å². The standard InChI is InChI=1S/C11H15ClSi/c1-13(2,3)9-8-10-4-6-11(12)7-5-10/h4-9H,1-3H3. The van der Waals surface area contributed by atoms with E-state index in [1.165, 1.54) is 5.56 Å². The third-order valence-electron chi connectivity index (χ3n) is 1.65. The summed E-state index contributed by atoms with van der Waals surface area (Å²) in [5, 5.41) is 0.796. The van der Waals surface area contributed by atoms with Crippen LogP contribution < -0.4 is 0 Å². The molecule has 13 heavy (non-hydrogen) atoms. The first-order valence-corrected chi connectivity index (χ1v) is 8.38. The Morgan fingerprint density at radius 3 is 2.08 bits per heavy atom. The monoisotopic (exact) mass is 210 g/mol. The Morgan fingerprint density at radius 1 is 1.08 bits per heavy atom. The number of rotatable bonds is 2. The van der Waals surface area contributed by atoms with E-state index in [0.29, 0.717) is 0 Å². The van der Waals surface area contributed by atoms with Crippen molar-refractivity contribution < 1.29 is 0 Å². The van der Waals surface area contributed by atoms with Gasteiger partial charge in [-0.05, 0) is 17.7 Å². The molecule has 1 aromatic carbocycles. The zero-order chi connectivity index (χ0) is 9.90. The van der Waals surface area contributed by atoms with E-state index in [0.717, 1.165) is 5.02 Å². The van der Waals surface area contributed by atoms with Gasteiger partial charge in [-0.2, -0.15) is 0 Å². The first kappa shape index (κ1) is 10.5. The van der Waals surface area contributed by atoms with Crippen LogP contribution in [0.2, 0.25) is 24.7 Å². The molecule has 0 atom stereocenters. The van der Waals surface area contributed by atoms with Gasteiger partial charge in [0.05, 0.1) is 8.07 Å². The summed E-state index contributed by atoms with van der Waals surface area (Å²) in [6, 6.07) is 7.93. The molecule has 0 amide bonds. The van der Waals surface area contributed by atoms with Gasteiger partial charge in [-0.25, -0.2) is 0 Å². The average molecular weight is 211 g/mol. The van der Waals surface area contributed by atoms with Crippen molar-refractivity contribution in [3.05, 3.63) is 40.6 Å². The van der Waals surface area contributed by atoms with Gasteiger partial charge in [0.1, 0.15) is 0 Å². The SMILES string of the molecule is C[Si](C)(C)C=Cc1ccc(Cl)cc1. The van der Waals surface area contributed by atoms with Crippen LogP contribution in [0.4, 0.5) is 0 Å². The predicted octanol–water partition coefficient (Wildman–Crippen LogP) is 4.23. The molecule has 0 aliphatic carbocycles. The van der Waals surface area contributed by atoms with Crippen LogP contribution in [-0.2, 0) is 0 Å². The van der Waals surface area contributed by atoms with E-state index in [-0.39, 0.29) is 0 Å². The van der Waals surface area contributed by atoms with Crippen molar-refractivity contribution >= 4 is 25.8 Å². The topological polar surface area (TPSA) is 0 Å². The van der Waals surface area contributed by atoms with Crippen molar-refractivity contribution in [2.45, 2.75) is 19.6 Å². The van der Waals surface area contributed by atoms with Crippen LogP contribution in [0.3, 0.4) is 0 Å². The molecular formula is C11H15ClSi. The molecule has 0 bridgehead atoms. The number of benzene rings is 1. The highest BCUT2D eigenvalue weighted by atomic mass is 35.5. The van der Waals surface area contributed by atoms with Gasteiger partial charge in [0.25, 0.3) is 0 Å². The lowest BCUT2D eigenvalue weighted by Crippen LogP contribution is -2.15. The van der Waals surface area contributed by atoms with Crippen LogP contribution in [0.5, 0.6) is 0 Å². The molecule has 2 heteroatoms. The fourth-order valence-corrected chi connectivity index (χ4v) is 1.74. The van der Waals surface area contributed by atoms with Gasteiger partial charge in [-0.3, -0.25) is 0 Å². The fourth-order valence-electron chi connectivity index (χ4n) is 0.920. The maximum absolute atomic E-state index is 5.79. The predicted molar refractivity (Wildman–Crippen MR) is 63.8 cm³/mol. The third-order valence-corrected chi connectivity index (χ3v) is 3.06. The molecule has 0 unspecified atom stereocenters. The van der Waals surface area contributed by atoms with Crippen LogP contribution in [0.1, 0.15) is 5.56 Å². The molecule has 0 fully saturated rings. The molecule has 0 aliphatic rings. The van der Waals surface area contributed by atoms with Crippen LogP contribution in [-0.4, -0.2) is 8.07 Å². The fraction of sp³-hybridized carbons (Fsp3) is 0.273. The Morgan fingerprint density at radius 2 is 1.62 bits per heavy atom. The molecule has 0 saturated carbocycles. The van der Waals surface area contributed by atoms with Gasteiger partial charge in [-0.1, -0.05) is 55.2 Å². The minimum Gasteiger partial charge on any atom is -0.0944 e. The second-order valence-electron chi connectivity index (χ2n) is 4.25. The van der Waals surface area contributed by atoms with Gasteiger partial charge < -0.3 is 0 Å². The summed E-state index contributed by atoms with van der Waals surface area (Å²) in [4.78, 5) is 0. The lowest BCUT2D eigenvalue weighted by Gasteiger charge is -2.07. The summed E-state index contributed by atoms with van der Waals surface area (Å²) in [6.45, 7) is 6.96. The summed E-state index contributed by atoms with van der Waals surface area (Å²) in [6.07, 6.45) is 2.18. The zero-order valence-electron chi connectivity index (χ0n) is 8.34. The lowest BCUT2D eigenvalue weighted by atomic mass is 10.2. The normalized spacial score (nSPS) is 12.3. The maximum atomic E-state index is 5.79. The minimum absolute atomic E-state index is 0.796. The van der Waals surface area contributed by atoms with Crippen molar-refractivity contribution in [2.75, 3.05) is 0 Å². The van der Waals surface area contributed by atoms with E-state index in [2.05, 4.69) is 31.4 Å². The summed E-state index contributed by atoms with van der Waals surface area (Å²) in [5.74, 6) is 0. The van der Waals surface area contributed by atoms with Crippen molar-refractivity contribution in [1.29, 1.82) is 0 Å². The number of hydrogen-bond donors (Lipinski definition) is 0. The molecule has 0 saturated heterocycles. The third kappa shape index (κ3) is 4.30. The van der Waals surface area contributed by atoms with E-state index < -0.39 is 8.07 Å². The highest BCUT2D eigenvalue weighted by Crippen LogP contribution is 2.12. The van der Waals surface area contributed by atoms with Crippen molar-refractivity contribution in [3.63, 3.8) is 0 Å². The van der Waals surface area contributed by atoms with Crippen LogP contribution >= 0.6 is 11.6 Å². The largest absolute Gasteiger partial charge is 0.0944 e. The Kier molecular flexibility index (Phi) is 3.34. The second kappa shape index (κ2) is 4.12. The molecule has 70 valence electrons. The van der Waals surface area contributed by atoms with Crippen molar-refractivity contribution in [2.24, 2.45) is 0 Å². The molecule has 0 radical (unpaired) electrons. The van der Waals surface area contributed by atoms with Gasteiger partial charge in [0.2, 0.25) is 0 Å². The molecule has 0 spiro atoms. The Hall–Kier alpha value is -0.533. The molecular weight excluding hydrogens is 196 g/mol. The van der Waals surface area contributed by atoms with E-state index in [1.807, 2.05) is 24.3 Å². The van der Waals surface area contributed by atoms with Crippen molar-refractivity contribution in [3.8, 4) is 0 Å². The van der Waals surface area contributed by atoms with E-state index in [4.69, 9.17) is 11.6 Å². The highest BCUT2D eigenvalue weighted by molar-refractivity contribution is 6.81. The molecule has 0 N–H and O–H groups in total. The van der Waals surface area contributed by atoms with E-state index in [1.54, 1.807) is 0 Å². The Balaban J connectivity index is 2.75. The van der Waals surface area contributed by atoms with Crippen molar-refractivity contribution in [1.82, 2.24) is 0 Å². The molecule has 1 rings (SSSR count). The lowest BCUT2D eigenvalue weighted by molar-refractivity contribution is 1.65. The van der Waals surface area contributed by atoms with Gasteiger partial charge in [-0.15, -0.1) is 0 Å². The Bertz CT molecular complexity index is 293. The molecule has 0 aliphatic heterocycles. The summed E-state index contributed by atoms with van der Waals surface area (Å²) < 4.78 is 0. The molecule has 1 aromatic rings. The van der Waals surface area contributed by atoms with Gasteiger partial charge >= 0.3 is 0 Å². The maximum Gasteiger partial charge on any atom is 0.0687 e. The molecule has 0 nitrogen and oxygen atoms in total. The highest BCUT2D eigenvalue weighted by Gasteiger charge is 2.06. The quantitative estimate of drug-likeness (QED) is 0.641. The second-order valence-corrected chi connectivity index (χ2v) is 9.75. The van der Waals surface area contributed by atoms with E-state index >= 15 is 0 Å². The first-order valence-electron chi connectivity index (χ1n) is 4.42. The first-order chi connectivity index (χ1) is 5.97.